The summed E-state index contributed by atoms with van der Waals surface area (Å²) in [4.78, 5) is 24.2. The Morgan fingerprint density at radius 1 is 1.45 bits per heavy atom. The van der Waals surface area contributed by atoms with Crippen LogP contribution in [-0.2, 0) is 9.53 Å². The number of nitrogens with zero attached hydrogens (tertiary/aromatic N) is 1. The van der Waals surface area contributed by atoms with Crippen molar-refractivity contribution in [3.8, 4) is 0 Å². The van der Waals surface area contributed by atoms with Gasteiger partial charge in [-0.1, -0.05) is 17.7 Å². The molecular weight excluding hydrogens is 285 g/mol. The molecule has 20 heavy (non-hydrogen) atoms. The molecule has 0 saturated carbocycles. The fraction of sp³-hybridized carbons (Fsp3) is 0.429. The molecule has 6 heteroatoms. The van der Waals surface area contributed by atoms with Gasteiger partial charge in [0.2, 0.25) is 0 Å². The number of amides is 1. The molecular formula is C14H17ClFNO3. The Morgan fingerprint density at radius 3 is 2.50 bits per heavy atom. The topological polar surface area (TPSA) is 46.6 Å². The summed E-state index contributed by atoms with van der Waals surface area (Å²) in [5, 5.41) is -0.0432. The number of carbonyl (C=O) groups is 2. The molecule has 1 aromatic carbocycles. The van der Waals surface area contributed by atoms with E-state index in [1.54, 1.807) is 20.8 Å². The molecule has 1 rings (SSSR count). The van der Waals surface area contributed by atoms with E-state index in [1.165, 1.54) is 19.2 Å². The van der Waals surface area contributed by atoms with E-state index in [0.29, 0.717) is 11.8 Å². The summed E-state index contributed by atoms with van der Waals surface area (Å²) >= 11 is 5.59. The fourth-order valence-corrected chi connectivity index (χ4v) is 1.65. The average molecular weight is 302 g/mol. The second kappa shape index (κ2) is 6.22. The molecule has 0 aromatic heterocycles. The molecule has 1 aromatic rings. The van der Waals surface area contributed by atoms with Gasteiger partial charge in [-0.25, -0.2) is 9.18 Å². The smallest absolute Gasteiger partial charge is 0.410 e. The van der Waals surface area contributed by atoms with E-state index in [1.807, 2.05) is 0 Å². The first-order valence-electron chi connectivity index (χ1n) is 6.02. The van der Waals surface area contributed by atoms with Crippen LogP contribution in [-0.4, -0.2) is 29.9 Å². The van der Waals surface area contributed by atoms with Crippen LogP contribution in [0, 0.1) is 5.82 Å². The van der Waals surface area contributed by atoms with Gasteiger partial charge in [0.1, 0.15) is 23.7 Å². The van der Waals surface area contributed by atoms with Crippen LogP contribution in [0.2, 0.25) is 5.02 Å². The minimum Gasteiger partial charge on any atom is -0.444 e. The summed E-state index contributed by atoms with van der Waals surface area (Å²) in [5.41, 5.74) is -0.348. The molecule has 0 spiro atoms. The number of halogens is 2. The number of ether oxygens (including phenoxy) is 1. The van der Waals surface area contributed by atoms with Gasteiger partial charge in [0.25, 0.3) is 0 Å². The normalized spacial score (nSPS) is 12.7. The van der Waals surface area contributed by atoms with E-state index >= 15 is 0 Å². The molecule has 1 atom stereocenters. The predicted octanol–water partition coefficient (Wildman–Crippen LogP) is 3.59. The van der Waals surface area contributed by atoms with Crippen LogP contribution in [0.15, 0.2) is 18.2 Å². The summed E-state index contributed by atoms with van der Waals surface area (Å²) in [6, 6.07) is 3.02. The van der Waals surface area contributed by atoms with Crippen LogP contribution in [0.25, 0.3) is 0 Å². The monoisotopic (exact) mass is 301 g/mol. The van der Waals surface area contributed by atoms with Crippen LogP contribution >= 0.6 is 11.6 Å². The third-order valence-corrected chi connectivity index (χ3v) is 2.82. The number of benzene rings is 1. The average Bonchev–Trinajstić information content (AvgIpc) is 2.32. The lowest BCUT2D eigenvalue weighted by Gasteiger charge is -2.28. The Morgan fingerprint density at radius 2 is 2.05 bits per heavy atom. The Labute approximate surface area is 122 Å². The minimum atomic E-state index is -0.934. The van der Waals surface area contributed by atoms with Crippen molar-refractivity contribution in [1.29, 1.82) is 0 Å². The lowest BCUT2D eigenvalue weighted by Crippen LogP contribution is -2.37. The molecule has 0 aliphatic rings. The number of hydrogen-bond acceptors (Lipinski definition) is 3. The van der Waals surface area contributed by atoms with Gasteiger partial charge in [0, 0.05) is 7.05 Å². The molecule has 0 saturated heterocycles. The quantitative estimate of drug-likeness (QED) is 0.802. The first-order valence-corrected chi connectivity index (χ1v) is 6.39. The highest BCUT2D eigenvalue weighted by molar-refractivity contribution is 6.30. The van der Waals surface area contributed by atoms with Gasteiger partial charge in [0.15, 0.2) is 0 Å². The maximum absolute atomic E-state index is 13.4. The predicted molar refractivity (Wildman–Crippen MR) is 74.2 cm³/mol. The second-order valence-electron chi connectivity index (χ2n) is 5.35. The highest BCUT2D eigenvalue weighted by Gasteiger charge is 2.26. The minimum absolute atomic E-state index is 0.0432. The third-order valence-electron chi connectivity index (χ3n) is 2.51. The number of likely N-dealkylation sites (N-methyl/N-ethyl adjacent to an activating group) is 1. The van der Waals surface area contributed by atoms with Crippen molar-refractivity contribution in [3.63, 3.8) is 0 Å². The third kappa shape index (κ3) is 4.20. The van der Waals surface area contributed by atoms with E-state index in [9.17, 15) is 14.0 Å². The maximum atomic E-state index is 13.4. The molecule has 0 heterocycles. The fourth-order valence-electron chi connectivity index (χ4n) is 1.54. The van der Waals surface area contributed by atoms with Crippen molar-refractivity contribution in [3.05, 3.63) is 34.6 Å². The first kappa shape index (κ1) is 16.4. The summed E-state index contributed by atoms with van der Waals surface area (Å²) in [5.74, 6) is -0.645. The van der Waals surface area contributed by atoms with Crippen molar-refractivity contribution in [2.45, 2.75) is 32.4 Å². The number of carbonyl (C=O) groups excluding carboxylic acids is 2. The Bertz CT molecular complexity index is 514. The summed E-state index contributed by atoms with van der Waals surface area (Å²) in [6.07, 6.45) is -0.114. The first-order chi connectivity index (χ1) is 9.15. The van der Waals surface area contributed by atoms with Crippen LogP contribution in [0.4, 0.5) is 9.18 Å². The van der Waals surface area contributed by atoms with E-state index in [0.717, 1.165) is 11.0 Å². The highest BCUT2D eigenvalue weighted by atomic mass is 35.5. The molecule has 0 N–H and O–H groups in total. The lowest BCUT2D eigenvalue weighted by molar-refractivity contribution is -0.112. The van der Waals surface area contributed by atoms with Crippen molar-refractivity contribution < 1.29 is 18.7 Å². The van der Waals surface area contributed by atoms with Gasteiger partial charge in [-0.2, -0.15) is 0 Å². The van der Waals surface area contributed by atoms with Crippen LogP contribution < -0.4 is 0 Å². The molecule has 1 amide bonds. The highest BCUT2D eigenvalue weighted by Crippen LogP contribution is 2.24. The summed E-state index contributed by atoms with van der Waals surface area (Å²) in [6.45, 7) is 5.16. The van der Waals surface area contributed by atoms with Gasteiger partial charge in [0.05, 0.1) is 5.02 Å². The molecule has 0 radical (unpaired) electrons. The molecule has 0 fully saturated rings. The van der Waals surface area contributed by atoms with Crippen molar-refractivity contribution in [2.24, 2.45) is 0 Å². The van der Waals surface area contributed by atoms with Crippen LogP contribution in [0.5, 0.6) is 0 Å². The van der Waals surface area contributed by atoms with Gasteiger partial charge in [-0.05, 0) is 38.5 Å². The van der Waals surface area contributed by atoms with Crippen molar-refractivity contribution in [2.75, 3.05) is 7.05 Å². The van der Waals surface area contributed by atoms with E-state index in [-0.39, 0.29) is 5.02 Å². The zero-order valence-corrected chi connectivity index (χ0v) is 12.6. The maximum Gasteiger partial charge on any atom is 0.410 e. The lowest BCUT2D eigenvalue weighted by atomic mass is 10.1. The number of aldehydes is 1. The Kier molecular flexibility index (Phi) is 5.11. The van der Waals surface area contributed by atoms with E-state index in [4.69, 9.17) is 16.3 Å². The van der Waals surface area contributed by atoms with Crippen LogP contribution in [0.3, 0.4) is 0 Å². The van der Waals surface area contributed by atoms with Crippen molar-refractivity contribution >= 4 is 24.0 Å². The zero-order valence-electron chi connectivity index (χ0n) is 11.8. The Balaban J connectivity index is 2.97. The SMILES string of the molecule is CN(C(=O)OC(C)(C)C)C(C=O)c1ccc(Cl)c(F)c1. The molecule has 1 unspecified atom stereocenters. The molecule has 110 valence electrons. The van der Waals surface area contributed by atoms with E-state index < -0.39 is 23.6 Å². The van der Waals surface area contributed by atoms with Gasteiger partial charge >= 0.3 is 6.09 Å². The molecule has 0 aliphatic heterocycles. The standard InChI is InChI=1S/C14H17ClFNO3/c1-14(2,3)20-13(19)17(4)12(8-18)9-5-6-10(15)11(16)7-9/h5-8,12H,1-4H3. The van der Waals surface area contributed by atoms with Gasteiger partial charge in [-0.3, -0.25) is 4.90 Å². The van der Waals surface area contributed by atoms with Crippen molar-refractivity contribution in [1.82, 2.24) is 4.90 Å². The van der Waals surface area contributed by atoms with E-state index in [2.05, 4.69) is 0 Å². The van der Waals surface area contributed by atoms with Crippen LogP contribution in [0.1, 0.15) is 32.4 Å². The zero-order chi connectivity index (χ0) is 15.5. The Hall–Kier alpha value is -1.62. The summed E-state index contributed by atoms with van der Waals surface area (Å²) in [7, 11) is 1.42. The van der Waals surface area contributed by atoms with Gasteiger partial charge < -0.3 is 9.53 Å². The summed E-state index contributed by atoms with van der Waals surface area (Å²) < 4.78 is 18.6. The molecule has 4 nitrogen and oxygen atoms in total. The molecule has 0 aliphatic carbocycles. The molecule has 0 bridgehead atoms. The number of rotatable bonds is 3. The van der Waals surface area contributed by atoms with Gasteiger partial charge in [-0.15, -0.1) is 0 Å². The second-order valence-corrected chi connectivity index (χ2v) is 5.75. The number of hydrogen-bond donors (Lipinski definition) is 0. The largest absolute Gasteiger partial charge is 0.444 e.